The van der Waals surface area contributed by atoms with Crippen LogP contribution >= 0.6 is 0 Å². The molecule has 0 radical (unpaired) electrons. The number of benzene rings is 1. The summed E-state index contributed by atoms with van der Waals surface area (Å²) in [4.78, 5) is 32.7. The van der Waals surface area contributed by atoms with Crippen molar-refractivity contribution in [3.63, 3.8) is 0 Å². The highest BCUT2D eigenvalue weighted by atomic mass is 16.6. The minimum atomic E-state index is -0.377. The molecular formula is C21H26N6O3. The lowest BCUT2D eigenvalue weighted by atomic mass is 9.95. The van der Waals surface area contributed by atoms with E-state index in [0.717, 1.165) is 50.4 Å². The van der Waals surface area contributed by atoms with Crippen LogP contribution in [0.4, 0.5) is 11.4 Å². The van der Waals surface area contributed by atoms with Gasteiger partial charge in [0.1, 0.15) is 11.5 Å². The molecule has 1 amide bonds. The molecule has 2 saturated heterocycles. The number of piperidine rings is 1. The van der Waals surface area contributed by atoms with Crippen molar-refractivity contribution in [1.29, 1.82) is 0 Å². The molecule has 30 heavy (non-hydrogen) atoms. The molecule has 1 aromatic carbocycles. The number of carbonyl (C=O) groups excluding carboxylic acids is 1. The summed E-state index contributed by atoms with van der Waals surface area (Å²) < 4.78 is 0. The van der Waals surface area contributed by atoms with Crippen molar-refractivity contribution in [2.45, 2.75) is 50.4 Å². The highest BCUT2D eigenvalue weighted by molar-refractivity contribution is 5.96. The van der Waals surface area contributed by atoms with Crippen LogP contribution in [0.3, 0.4) is 0 Å². The number of nitro groups is 1. The fraction of sp³-hybridized carbons (Fsp3) is 0.571. The predicted octanol–water partition coefficient (Wildman–Crippen LogP) is 3.21. The van der Waals surface area contributed by atoms with Crippen LogP contribution in [0.15, 0.2) is 18.2 Å². The third-order valence-corrected chi connectivity index (χ3v) is 6.50. The molecule has 1 aromatic heterocycles. The second kappa shape index (κ2) is 7.70. The molecule has 9 nitrogen and oxygen atoms in total. The van der Waals surface area contributed by atoms with Crippen LogP contribution in [0.5, 0.6) is 0 Å². The van der Waals surface area contributed by atoms with Gasteiger partial charge in [-0.25, -0.2) is 4.98 Å². The van der Waals surface area contributed by atoms with Gasteiger partial charge in [0, 0.05) is 49.6 Å². The van der Waals surface area contributed by atoms with Crippen LogP contribution in [-0.2, 0) is 0 Å². The van der Waals surface area contributed by atoms with E-state index in [1.165, 1.54) is 18.9 Å². The molecule has 0 spiro atoms. The van der Waals surface area contributed by atoms with E-state index in [2.05, 4.69) is 15.2 Å². The van der Waals surface area contributed by atoms with E-state index in [1.807, 2.05) is 4.90 Å². The average Bonchev–Trinajstić information content (AvgIpc) is 3.27. The lowest BCUT2D eigenvalue weighted by Gasteiger charge is -2.31. The van der Waals surface area contributed by atoms with Gasteiger partial charge in [-0.2, -0.15) is 5.10 Å². The first-order valence-corrected chi connectivity index (χ1v) is 10.8. The number of nitrogens with one attached hydrogen (secondary N) is 1. The fourth-order valence-electron chi connectivity index (χ4n) is 4.56. The number of aromatic amines is 1. The highest BCUT2D eigenvalue weighted by Crippen LogP contribution is 2.39. The first-order chi connectivity index (χ1) is 14.6. The van der Waals surface area contributed by atoms with Crippen molar-refractivity contribution < 1.29 is 9.72 Å². The molecule has 0 atom stereocenters. The van der Waals surface area contributed by atoms with Crippen LogP contribution in [0.2, 0.25) is 0 Å². The van der Waals surface area contributed by atoms with Crippen LogP contribution in [0, 0.1) is 10.1 Å². The average molecular weight is 410 g/mol. The number of anilines is 1. The summed E-state index contributed by atoms with van der Waals surface area (Å²) in [5.41, 5.74) is 1.02. The number of rotatable bonds is 5. The Labute approximate surface area is 174 Å². The Hall–Kier alpha value is -2.97. The number of aromatic nitrogens is 3. The summed E-state index contributed by atoms with van der Waals surface area (Å²) in [5, 5.41) is 19.0. The minimum absolute atomic E-state index is 0.0203. The van der Waals surface area contributed by atoms with Gasteiger partial charge in [-0.15, -0.1) is 0 Å². The number of H-pyrrole nitrogens is 1. The first-order valence-electron chi connectivity index (χ1n) is 10.8. The Morgan fingerprint density at radius 2 is 1.80 bits per heavy atom. The molecule has 2 aliphatic heterocycles. The third-order valence-electron chi connectivity index (χ3n) is 6.50. The molecule has 3 heterocycles. The van der Waals surface area contributed by atoms with Crippen LogP contribution in [0.1, 0.15) is 72.4 Å². The molecular weight excluding hydrogens is 384 g/mol. The summed E-state index contributed by atoms with van der Waals surface area (Å²) in [6, 6.07) is 4.91. The number of hydrogen-bond donors (Lipinski definition) is 1. The van der Waals surface area contributed by atoms with Gasteiger partial charge in [-0.05, 0) is 50.7 Å². The predicted molar refractivity (Wildman–Crippen MR) is 111 cm³/mol. The lowest BCUT2D eigenvalue weighted by molar-refractivity contribution is -0.384. The Morgan fingerprint density at radius 3 is 2.47 bits per heavy atom. The van der Waals surface area contributed by atoms with E-state index >= 15 is 0 Å². The second-order valence-electron chi connectivity index (χ2n) is 8.57. The maximum absolute atomic E-state index is 13.0. The molecule has 2 aromatic rings. The molecule has 5 rings (SSSR count). The van der Waals surface area contributed by atoms with Gasteiger partial charge in [0.25, 0.3) is 11.6 Å². The van der Waals surface area contributed by atoms with Crippen LogP contribution < -0.4 is 4.90 Å². The maximum atomic E-state index is 13.0. The molecule has 0 unspecified atom stereocenters. The van der Waals surface area contributed by atoms with E-state index in [0.29, 0.717) is 30.3 Å². The number of hydrogen-bond acceptors (Lipinski definition) is 6. The van der Waals surface area contributed by atoms with Gasteiger partial charge in [-0.1, -0.05) is 0 Å². The second-order valence-corrected chi connectivity index (χ2v) is 8.57. The van der Waals surface area contributed by atoms with Gasteiger partial charge in [-0.3, -0.25) is 20.0 Å². The van der Waals surface area contributed by atoms with Crippen molar-refractivity contribution in [1.82, 2.24) is 20.1 Å². The zero-order valence-electron chi connectivity index (χ0n) is 16.9. The molecule has 158 valence electrons. The maximum Gasteiger partial charge on any atom is 0.293 e. The summed E-state index contributed by atoms with van der Waals surface area (Å²) >= 11 is 0. The molecule has 1 saturated carbocycles. The molecule has 9 heteroatoms. The Bertz CT molecular complexity index is 955. The van der Waals surface area contributed by atoms with E-state index in [1.54, 1.807) is 17.0 Å². The van der Waals surface area contributed by atoms with E-state index in [9.17, 15) is 14.9 Å². The number of amides is 1. The lowest BCUT2D eigenvalue weighted by Crippen LogP contribution is -2.38. The smallest absolute Gasteiger partial charge is 0.293 e. The van der Waals surface area contributed by atoms with Gasteiger partial charge >= 0.3 is 0 Å². The molecule has 3 fully saturated rings. The van der Waals surface area contributed by atoms with Crippen molar-refractivity contribution in [3.8, 4) is 0 Å². The van der Waals surface area contributed by atoms with Crippen molar-refractivity contribution in [2.24, 2.45) is 0 Å². The highest BCUT2D eigenvalue weighted by Gasteiger charge is 2.31. The van der Waals surface area contributed by atoms with Crippen LogP contribution in [0.25, 0.3) is 0 Å². The van der Waals surface area contributed by atoms with Crippen molar-refractivity contribution in [2.75, 3.05) is 31.1 Å². The van der Waals surface area contributed by atoms with Gasteiger partial charge in [0.2, 0.25) is 0 Å². The van der Waals surface area contributed by atoms with E-state index < -0.39 is 0 Å². The topological polar surface area (TPSA) is 108 Å². The summed E-state index contributed by atoms with van der Waals surface area (Å²) in [6.07, 6.45) is 6.07. The van der Waals surface area contributed by atoms with Crippen molar-refractivity contribution >= 4 is 17.3 Å². The molecule has 1 N–H and O–H groups in total. The van der Waals surface area contributed by atoms with Gasteiger partial charge < -0.3 is 9.80 Å². The Kier molecular flexibility index (Phi) is 4.88. The molecule has 0 bridgehead atoms. The van der Waals surface area contributed by atoms with E-state index in [4.69, 9.17) is 0 Å². The molecule has 3 aliphatic rings. The minimum Gasteiger partial charge on any atom is -0.366 e. The zero-order chi connectivity index (χ0) is 20.7. The standard InChI is InChI=1S/C21H26N6O3/c28-21(16-5-6-17(18(13-16)27(29)30)25-9-1-2-10-25)26-11-7-15(8-12-26)20-22-19(23-24-20)14-3-4-14/h5-6,13-15H,1-4,7-12H2,(H,22,23,24). The van der Waals surface area contributed by atoms with E-state index in [-0.39, 0.29) is 22.4 Å². The monoisotopic (exact) mass is 410 g/mol. The number of carbonyl (C=O) groups is 1. The summed E-state index contributed by atoms with van der Waals surface area (Å²) in [5.74, 6) is 2.51. The van der Waals surface area contributed by atoms with Gasteiger partial charge in [0.15, 0.2) is 5.82 Å². The fourth-order valence-corrected chi connectivity index (χ4v) is 4.56. The van der Waals surface area contributed by atoms with Crippen molar-refractivity contribution in [3.05, 3.63) is 45.5 Å². The van der Waals surface area contributed by atoms with Gasteiger partial charge in [0.05, 0.1) is 4.92 Å². The number of nitro benzene ring substituents is 1. The normalized spacial score (nSPS) is 20.0. The SMILES string of the molecule is O=C(c1ccc(N2CCCC2)c([N+](=O)[O-])c1)N1CCC(c2nc(C3CC3)n[nH]2)CC1. The third kappa shape index (κ3) is 3.64. The number of nitrogens with zero attached hydrogens (tertiary/aromatic N) is 5. The largest absolute Gasteiger partial charge is 0.366 e. The summed E-state index contributed by atoms with van der Waals surface area (Å²) in [6.45, 7) is 2.88. The number of likely N-dealkylation sites (tertiary alicyclic amines) is 1. The quantitative estimate of drug-likeness (QED) is 0.599. The zero-order valence-corrected chi connectivity index (χ0v) is 16.9. The molecule has 1 aliphatic carbocycles. The van der Waals surface area contributed by atoms with Crippen LogP contribution in [-0.4, -0.2) is 57.1 Å². The Balaban J connectivity index is 1.26. The first kappa shape index (κ1) is 19.0. The Morgan fingerprint density at radius 1 is 1.07 bits per heavy atom. The summed E-state index contributed by atoms with van der Waals surface area (Å²) in [7, 11) is 0.